The normalized spacial score (nSPS) is 12.2. The van der Waals surface area contributed by atoms with Gasteiger partial charge < -0.3 is 16.0 Å². The van der Waals surface area contributed by atoms with Crippen LogP contribution in [0.5, 0.6) is 0 Å². The Morgan fingerprint density at radius 1 is 1.00 bits per heavy atom. The first kappa shape index (κ1) is 22.3. The Morgan fingerprint density at radius 2 is 1.59 bits per heavy atom. The van der Waals surface area contributed by atoms with E-state index in [1.54, 1.807) is 43.3 Å². The van der Waals surface area contributed by atoms with Crippen LogP contribution in [0.15, 0.2) is 42.5 Å². The van der Waals surface area contributed by atoms with Gasteiger partial charge >= 0.3 is 0 Å². The molecule has 144 valence electrons. The number of thiocarbonyl (C=S) groups is 1. The largest absolute Gasteiger partial charge is 0.339 e. The van der Waals surface area contributed by atoms with E-state index in [4.69, 9.17) is 70.2 Å². The number of carbonyl (C=O) groups is 1. The fourth-order valence-corrected chi connectivity index (χ4v) is 3.17. The summed E-state index contributed by atoms with van der Waals surface area (Å²) in [7, 11) is 0. The maximum absolute atomic E-state index is 12.5. The minimum Gasteiger partial charge on any atom is -0.339 e. The first-order chi connectivity index (χ1) is 12.6. The smallest absolute Gasteiger partial charge is 0.253 e. The highest BCUT2D eigenvalue weighted by molar-refractivity contribution is 7.80. The molecule has 0 radical (unpaired) electrons. The molecule has 2 aromatic rings. The fourth-order valence-electron chi connectivity index (χ4n) is 2.13. The summed E-state index contributed by atoms with van der Waals surface area (Å²) in [6.07, 6.45) is -1.11. The fraction of sp³-hybridized carbons (Fsp3) is 0.176. The Kier molecular flexibility index (Phi) is 7.86. The zero-order chi connectivity index (χ0) is 20.2. The molecule has 0 heterocycles. The van der Waals surface area contributed by atoms with E-state index in [9.17, 15) is 4.79 Å². The molecule has 0 aromatic heterocycles. The van der Waals surface area contributed by atoms with E-state index in [-0.39, 0.29) is 5.11 Å². The van der Waals surface area contributed by atoms with Crippen LogP contribution in [0, 0.1) is 6.92 Å². The van der Waals surface area contributed by atoms with Gasteiger partial charge in [0.1, 0.15) is 6.17 Å². The van der Waals surface area contributed by atoms with Gasteiger partial charge in [-0.05, 0) is 42.9 Å². The van der Waals surface area contributed by atoms with Crippen LogP contribution >= 0.6 is 70.2 Å². The Morgan fingerprint density at radius 3 is 2.15 bits per heavy atom. The molecule has 0 aliphatic heterocycles. The molecule has 0 bridgehead atoms. The Labute approximate surface area is 187 Å². The maximum Gasteiger partial charge on any atom is 0.253 e. The van der Waals surface area contributed by atoms with E-state index >= 15 is 0 Å². The van der Waals surface area contributed by atoms with Crippen LogP contribution in [-0.2, 0) is 0 Å². The van der Waals surface area contributed by atoms with Crippen LogP contribution in [0.2, 0.25) is 10.0 Å². The lowest BCUT2D eigenvalue weighted by Crippen LogP contribution is -2.56. The highest BCUT2D eigenvalue weighted by atomic mass is 35.6. The number of nitrogens with one attached hydrogen (secondary N) is 3. The number of anilines is 1. The number of aryl methyl sites for hydroxylation is 1. The Balaban J connectivity index is 2.14. The number of rotatable bonds is 4. The third kappa shape index (κ3) is 6.28. The minimum absolute atomic E-state index is 0.0615. The molecule has 2 aromatic carbocycles. The van der Waals surface area contributed by atoms with Crippen molar-refractivity contribution in [2.24, 2.45) is 0 Å². The van der Waals surface area contributed by atoms with Crippen LogP contribution < -0.4 is 16.0 Å². The topological polar surface area (TPSA) is 53.2 Å². The average molecular weight is 486 g/mol. The maximum atomic E-state index is 12.5. The van der Waals surface area contributed by atoms with Gasteiger partial charge in [-0.1, -0.05) is 82.3 Å². The minimum atomic E-state index is -1.88. The van der Waals surface area contributed by atoms with Gasteiger partial charge in [0.2, 0.25) is 3.79 Å². The summed E-state index contributed by atoms with van der Waals surface area (Å²) in [5.74, 6) is -0.421. The monoisotopic (exact) mass is 483 g/mol. The molecule has 10 heteroatoms. The lowest BCUT2D eigenvalue weighted by Gasteiger charge is -2.28. The second-order valence-corrected chi connectivity index (χ2v) is 9.05. The number of hydrogen-bond donors (Lipinski definition) is 3. The number of alkyl halides is 3. The van der Waals surface area contributed by atoms with Gasteiger partial charge in [-0.3, -0.25) is 4.79 Å². The molecule has 0 spiro atoms. The average Bonchev–Trinajstić information content (AvgIpc) is 2.57. The summed E-state index contributed by atoms with van der Waals surface area (Å²) in [6.45, 7) is 1.80. The number of carbonyl (C=O) groups excluding carboxylic acids is 1. The number of amides is 1. The van der Waals surface area contributed by atoms with E-state index < -0.39 is 15.9 Å². The summed E-state index contributed by atoms with van der Waals surface area (Å²) in [6, 6.07) is 12.0. The van der Waals surface area contributed by atoms with Crippen LogP contribution in [0.1, 0.15) is 15.9 Å². The third-order valence-corrected chi connectivity index (χ3v) is 4.97. The van der Waals surface area contributed by atoms with Crippen molar-refractivity contribution in [3.63, 3.8) is 0 Å². The molecule has 1 amide bonds. The molecular weight excluding hydrogens is 472 g/mol. The van der Waals surface area contributed by atoms with E-state index in [1.165, 1.54) is 0 Å². The predicted octanol–water partition coefficient (Wildman–Crippen LogP) is 5.71. The zero-order valence-electron chi connectivity index (χ0n) is 13.8. The summed E-state index contributed by atoms with van der Waals surface area (Å²) in [4.78, 5) is 12.5. The summed E-state index contributed by atoms with van der Waals surface area (Å²) >= 11 is 35.4. The van der Waals surface area contributed by atoms with Gasteiger partial charge in [0.15, 0.2) is 5.11 Å². The summed E-state index contributed by atoms with van der Waals surface area (Å²) in [5, 5.41) is 9.00. The lowest BCUT2D eigenvalue weighted by molar-refractivity contribution is 0.0934. The SMILES string of the molecule is Cc1ccccc1C(=O)N[C@H](NC(=S)Nc1c(Cl)cccc1Cl)C(Cl)(Cl)Cl. The van der Waals surface area contributed by atoms with Gasteiger partial charge in [0, 0.05) is 5.56 Å². The molecule has 0 aliphatic rings. The molecule has 1 atom stereocenters. The standard InChI is InChI=1S/C17H14Cl5N3OS/c1-9-5-2-3-6-10(9)14(26)24-15(17(20,21)22)25-16(27)23-13-11(18)7-4-8-12(13)19/h2-8,15H,1H3,(H,24,26)(H2,23,25,27)/t15-/m1/s1. The number of halogens is 5. The number of benzene rings is 2. The van der Waals surface area contributed by atoms with Gasteiger partial charge in [-0.25, -0.2) is 0 Å². The zero-order valence-corrected chi connectivity index (χ0v) is 18.4. The molecular formula is C17H14Cl5N3OS. The van der Waals surface area contributed by atoms with Gasteiger partial charge in [-0.15, -0.1) is 0 Å². The molecule has 0 unspecified atom stereocenters. The quantitative estimate of drug-likeness (QED) is 0.295. The Bertz CT molecular complexity index is 836. The van der Waals surface area contributed by atoms with Crippen molar-refractivity contribution in [1.29, 1.82) is 0 Å². The van der Waals surface area contributed by atoms with Crippen LogP contribution in [0.4, 0.5) is 5.69 Å². The van der Waals surface area contributed by atoms with Gasteiger partial charge in [0.05, 0.1) is 15.7 Å². The van der Waals surface area contributed by atoms with Crippen molar-refractivity contribution in [3.8, 4) is 0 Å². The van der Waals surface area contributed by atoms with E-state index in [2.05, 4.69) is 16.0 Å². The van der Waals surface area contributed by atoms with Crippen molar-refractivity contribution in [2.75, 3.05) is 5.32 Å². The highest BCUT2D eigenvalue weighted by Crippen LogP contribution is 2.31. The second kappa shape index (κ2) is 9.50. The number of hydrogen-bond acceptors (Lipinski definition) is 2. The van der Waals surface area contributed by atoms with Gasteiger partial charge in [-0.2, -0.15) is 0 Å². The summed E-state index contributed by atoms with van der Waals surface area (Å²) in [5.41, 5.74) is 1.62. The molecule has 27 heavy (non-hydrogen) atoms. The molecule has 4 nitrogen and oxygen atoms in total. The van der Waals surface area contributed by atoms with E-state index in [0.29, 0.717) is 21.3 Å². The molecule has 0 aliphatic carbocycles. The van der Waals surface area contributed by atoms with Gasteiger partial charge in [0.25, 0.3) is 5.91 Å². The molecule has 0 fully saturated rings. The van der Waals surface area contributed by atoms with Crippen molar-refractivity contribution in [3.05, 3.63) is 63.6 Å². The second-order valence-electron chi connectivity index (χ2n) is 5.46. The van der Waals surface area contributed by atoms with Crippen LogP contribution in [0.25, 0.3) is 0 Å². The first-order valence-corrected chi connectivity index (χ1v) is 9.84. The third-order valence-electron chi connectivity index (χ3n) is 3.47. The predicted molar refractivity (Wildman–Crippen MR) is 119 cm³/mol. The molecule has 0 saturated heterocycles. The molecule has 2 rings (SSSR count). The molecule has 3 N–H and O–H groups in total. The summed E-state index contributed by atoms with van der Waals surface area (Å²) < 4.78 is -1.88. The van der Waals surface area contributed by atoms with Crippen LogP contribution in [-0.4, -0.2) is 21.0 Å². The number of para-hydroxylation sites is 1. The van der Waals surface area contributed by atoms with E-state index in [1.807, 2.05) is 6.07 Å². The van der Waals surface area contributed by atoms with Crippen LogP contribution in [0.3, 0.4) is 0 Å². The highest BCUT2D eigenvalue weighted by Gasteiger charge is 2.35. The van der Waals surface area contributed by atoms with Crippen molar-refractivity contribution < 1.29 is 4.79 Å². The van der Waals surface area contributed by atoms with Crippen molar-refractivity contribution >= 4 is 86.9 Å². The van der Waals surface area contributed by atoms with E-state index in [0.717, 1.165) is 5.56 Å². The Hall–Kier alpha value is -0.950. The van der Waals surface area contributed by atoms with Crippen molar-refractivity contribution in [1.82, 2.24) is 10.6 Å². The van der Waals surface area contributed by atoms with Crippen molar-refractivity contribution in [2.45, 2.75) is 16.9 Å². The first-order valence-electron chi connectivity index (χ1n) is 7.54. The lowest BCUT2D eigenvalue weighted by atomic mass is 10.1. The molecule has 0 saturated carbocycles.